The topological polar surface area (TPSA) is 79.8 Å². The van der Waals surface area contributed by atoms with Gasteiger partial charge in [-0.15, -0.1) is 0 Å². The third-order valence-electron chi connectivity index (χ3n) is 6.31. The number of hydrogen-bond donors (Lipinski definition) is 1. The first-order valence-electron chi connectivity index (χ1n) is 10.9. The van der Waals surface area contributed by atoms with Crippen molar-refractivity contribution < 1.29 is 14.3 Å². The lowest BCUT2D eigenvalue weighted by Crippen LogP contribution is -2.52. The molecule has 32 heavy (non-hydrogen) atoms. The Kier molecular flexibility index (Phi) is 5.43. The third kappa shape index (κ3) is 3.88. The fourth-order valence-corrected chi connectivity index (χ4v) is 4.42. The van der Waals surface area contributed by atoms with Crippen LogP contribution in [0.15, 0.2) is 48.8 Å². The van der Waals surface area contributed by atoms with Gasteiger partial charge in [-0.05, 0) is 18.1 Å². The molecule has 1 saturated carbocycles. The quantitative estimate of drug-likeness (QED) is 0.666. The van der Waals surface area contributed by atoms with Gasteiger partial charge in [0.05, 0.1) is 19.7 Å². The van der Waals surface area contributed by atoms with E-state index in [1.807, 2.05) is 35.2 Å². The number of nitrogens with zero attached hydrogens (tertiary/aromatic N) is 4. The van der Waals surface area contributed by atoms with Crippen LogP contribution in [0.5, 0.6) is 11.5 Å². The molecule has 2 aromatic carbocycles. The number of aromatic nitrogens is 2. The summed E-state index contributed by atoms with van der Waals surface area (Å²) in [5, 5.41) is 4.11. The largest absolute Gasteiger partial charge is 0.493 e. The summed E-state index contributed by atoms with van der Waals surface area (Å²) >= 11 is 0. The first-order valence-corrected chi connectivity index (χ1v) is 10.9. The van der Waals surface area contributed by atoms with E-state index in [-0.39, 0.29) is 12.1 Å². The van der Waals surface area contributed by atoms with Crippen LogP contribution in [-0.4, -0.2) is 67.3 Å². The molecular weight excluding hydrogens is 406 g/mol. The van der Waals surface area contributed by atoms with Gasteiger partial charge in [0.15, 0.2) is 11.5 Å². The molecular formula is C24H27N5O3. The van der Waals surface area contributed by atoms with Crippen molar-refractivity contribution in [1.29, 1.82) is 0 Å². The number of nitrogens with one attached hydrogen (secondary N) is 1. The normalized spacial score (nSPS) is 20.2. The molecule has 1 N–H and O–H groups in total. The summed E-state index contributed by atoms with van der Waals surface area (Å²) in [7, 11) is 3.23. The van der Waals surface area contributed by atoms with Crippen molar-refractivity contribution in [2.45, 2.75) is 18.4 Å². The molecule has 1 aromatic heterocycles. The highest BCUT2D eigenvalue weighted by molar-refractivity contribution is 5.92. The minimum absolute atomic E-state index is 0.0204. The van der Waals surface area contributed by atoms with Gasteiger partial charge in [0.2, 0.25) is 0 Å². The number of urea groups is 1. The van der Waals surface area contributed by atoms with Crippen molar-refractivity contribution in [1.82, 2.24) is 20.2 Å². The molecule has 8 nitrogen and oxygen atoms in total. The average molecular weight is 434 g/mol. The van der Waals surface area contributed by atoms with Gasteiger partial charge in [0.1, 0.15) is 12.1 Å². The summed E-state index contributed by atoms with van der Waals surface area (Å²) in [5.41, 5.74) is 2.10. The van der Waals surface area contributed by atoms with Gasteiger partial charge in [-0.1, -0.05) is 30.3 Å². The zero-order valence-electron chi connectivity index (χ0n) is 18.3. The third-order valence-corrected chi connectivity index (χ3v) is 6.31. The maximum atomic E-state index is 12.8. The summed E-state index contributed by atoms with van der Waals surface area (Å²) in [4.78, 5) is 25.8. The number of piperazine rings is 1. The molecule has 8 heteroatoms. The lowest BCUT2D eigenvalue weighted by Gasteiger charge is -2.35. The van der Waals surface area contributed by atoms with Crippen molar-refractivity contribution in [2.24, 2.45) is 0 Å². The zero-order valence-corrected chi connectivity index (χ0v) is 18.3. The number of amides is 2. The van der Waals surface area contributed by atoms with Gasteiger partial charge < -0.3 is 24.6 Å². The summed E-state index contributed by atoms with van der Waals surface area (Å²) in [6.45, 7) is 2.71. The van der Waals surface area contributed by atoms with E-state index in [1.54, 1.807) is 20.5 Å². The second-order valence-corrected chi connectivity index (χ2v) is 8.20. The second kappa shape index (κ2) is 8.53. The van der Waals surface area contributed by atoms with Crippen molar-refractivity contribution >= 4 is 22.8 Å². The highest BCUT2D eigenvalue weighted by Gasteiger charge is 2.40. The predicted octanol–water partition coefficient (Wildman–Crippen LogP) is 3.03. The number of carbonyl (C=O) groups is 1. The molecule has 1 aliphatic heterocycles. The van der Waals surface area contributed by atoms with E-state index in [0.717, 1.165) is 23.1 Å². The molecule has 2 aliphatic rings. The van der Waals surface area contributed by atoms with Crippen LogP contribution in [0, 0.1) is 0 Å². The Balaban J connectivity index is 1.23. The van der Waals surface area contributed by atoms with E-state index < -0.39 is 0 Å². The van der Waals surface area contributed by atoms with Crippen LogP contribution in [0.3, 0.4) is 0 Å². The highest BCUT2D eigenvalue weighted by atomic mass is 16.5. The summed E-state index contributed by atoms with van der Waals surface area (Å²) in [5.74, 6) is 2.56. The van der Waals surface area contributed by atoms with Gasteiger partial charge in [0.25, 0.3) is 0 Å². The van der Waals surface area contributed by atoms with Crippen LogP contribution in [0.2, 0.25) is 0 Å². The van der Waals surface area contributed by atoms with Crippen LogP contribution < -0.4 is 19.7 Å². The van der Waals surface area contributed by atoms with Crippen molar-refractivity contribution in [3.05, 3.63) is 54.4 Å². The van der Waals surface area contributed by atoms with Crippen LogP contribution >= 0.6 is 0 Å². The molecule has 166 valence electrons. The van der Waals surface area contributed by atoms with Gasteiger partial charge in [-0.3, -0.25) is 0 Å². The molecule has 2 heterocycles. The van der Waals surface area contributed by atoms with E-state index in [9.17, 15) is 4.79 Å². The number of carbonyl (C=O) groups excluding carboxylic acids is 1. The van der Waals surface area contributed by atoms with E-state index in [1.165, 1.54) is 5.56 Å². The summed E-state index contributed by atoms with van der Waals surface area (Å²) in [6, 6.07) is 14.4. The smallest absolute Gasteiger partial charge is 0.317 e. The number of methoxy groups -OCH3 is 2. The Morgan fingerprint density at radius 3 is 2.44 bits per heavy atom. The van der Waals surface area contributed by atoms with Crippen LogP contribution in [0.1, 0.15) is 17.9 Å². The number of benzene rings is 2. The predicted molar refractivity (Wildman–Crippen MR) is 123 cm³/mol. The fourth-order valence-electron chi connectivity index (χ4n) is 4.42. The number of fused-ring (bicyclic) bond motifs is 1. The molecule has 5 rings (SSSR count). The Morgan fingerprint density at radius 1 is 1.00 bits per heavy atom. The average Bonchev–Trinajstić information content (AvgIpc) is 3.62. The fraction of sp³-hybridized carbons (Fsp3) is 0.375. The molecule has 2 atom stereocenters. The van der Waals surface area contributed by atoms with Gasteiger partial charge in [-0.25, -0.2) is 14.8 Å². The molecule has 0 bridgehead atoms. The van der Waals surface area contributed by atoms with E-state index in [0.29, 0.717) is 43.6 Å². The summed E-state index contributed by atoms with van der Waals surface area (Å²) in [6.07, 6.45) is 2.58. The Hall–Kier alpha value is -3.55. The van der Waals surface area contributed by atoms with E-state index in [4.69, 9.17) is 9.47 Å². The minimum Gasteiger partial charge on any atom is -0.493 e. The SMILES string of the molecule is COc1cc2ncnc(N3CCN(C(=O)N[C@@H]4C[C@H]4c4ccccc4)CC3)c2cc1OC. The molecule has 0 radical (unpaired) electrons. The molecule has 0 unspecified atom stereocenters. The zero-order chi connectivity index (χ0) is 22.1. The standard InChI is InChI=1S/C24H27N5O3/c1-31-21-13-18-19(14-22(21)32-2)25-15-26-23(18)28-8-10-29(11-9-28)24(30)27-20-12-17(20)16-6-4-3-5-7-16/h3-7,13-15,17,20H,8-12H2,1-2H3,(H,27,30)/t17-,20+/m0/s1. The molecule has 2 fully saturated rings. The highest BCUT2D eigenvalue weighted by Crippen LogP contribution is 2.40. The van der Waals surface area contributed by atoms with Crippen molar-refractivity contribution in [3.8, 4) is 11.5 Å². The van der Waals surface area contributed by atoms with Crippen LogP contribution in [0.4, 0.5) is 10.6 Å². The molecule has 1 aliphatic carbocycles. The van der Waals surface area contributed by atoms with E-state index >= 15 is 0 Å². The van der Waals surface area contributed by atoms with Crippen molar-refractivity contribution in [3.63, 3.8) is 0 Å². The number of hydrogen-bond acceptors (Lipinski definition) is 6. The molecule has 0 spiro atoms. The maximum Gasteiger partial charge on any atom is 0.317 e. The van der Waals surface area contributed by atoms with Crippen LogP contribution in [-0.2, 0) is 0 Å². The maximum absolute atomic E-state index is 12.8. The number of ether oxygens (including phenoxy) is 2. The molecule has 1 saturated heterocycles. The minimum atomic E-state index is 0.0204. The van der Waals surface area contributed by atoms with Gasteiger partial charge in [-0.2, -0.15) is 0 Å². The van der Waals surface area contributed by atoms with E-state index in [2.05, 4.69) is 32.3 Å². The lowest BCUT2D eigenvalue weighted by atomic mass is 10.1. The monoisotopic (exact) mass is 433 g/mol. The summed E-state index contributed by atoms with van der Waals surface area (Å²) < 4.78 is 10.9. The van der Waals surface area contributed by atoms with Crippen LogP contribution in [0.25, 0.3) is 10.9 Å². The number of anilines is 1. The molecule has 3 aromatic rings. The Bertz CT molecular complexity index is 1120. The second-order valence-electron chi connectivity index (χ2n) is 8.20. The first-order chi connectivity index (χ1) is 15.7. The Morgan fingerprint density at radius 2 is 1.72 bits per heavy atom. The van der Waals surface area contributed by atoms with Gasteiger partial charge in [0, 0.05) is 49.6 Å². The van der Waals surface area contributed by atoms with Gasteiger partial charge >= 0.3 is 6.03 Å². The molecule has 2 amide bonds. The lowest BCUT2D eigenvalue weighted by molar-refractivity contribution is 0.193. The first kappa shape index (κ1) is 20.4. The Labute approximate surface area is 187 Å². The number of rotatable bonds is 5. The van der Waals surface area contributed by atoms with Crippen molar-refractivity contribution in [2.75, 3.05) is 45.3 Å².